The van der Waals surface area contributed by atoms with Crippen LogP contribution in [0, 0.1) is 4.64 Å². The van der Waals surface area contributed by atoms with Crippen LogP contribution in [-0.4, -0.2) is 22.2 Å². The van der Waals surface area contributed by atoms with Gasteiger partial charge in [0.15, 0.2) is 0 Å². The van der Waals surface area contributed by atoms with Gasteiger partial charge in [-0.3, -0.25) is 0 Å². The monoisotopic (exact) mass is 400 g/mol. The zero-order valence-corrected chi connectivity index (χ0v) is 17.6. The molecule has 6 heteroatoms. The van der Waals surface area contributed by atoms with Crippen LogP contribution in [0.4, 0.5) is 0 Å². The molecule has 0 atom stereocenters. The Hall–Kier alpha value is -1.76. The molecule has 1 N–H and O–H groups in total. The number of hydrogen-bond acceptors (Lipinski definition) is 5. The molecule has 4 nitrogen and oxygen atoms in total. The van der Waals surface area contributed by atoms with Gasteiger partial charge < -0.3 is 14.5 Å². The third kappa shape index (κ3) is 3.79. The van der Waals surface area contributed by atoms with E-state index in [0.29, 0.717) is 6.61 Å². The van der Waals surface area contributed by atoms with Crippen LogP contribution in [0.1, 0.15) is 44.1 Å². The van der Waals surface area contributed by atoms with E-state index in [1.807, 2.05) is 24.3 Å². The first-order valence-corrected chi connectivity index (χ1v) is 10.6. The molecular weight excluding hydrogens is 376 g/mol. The first-order chi connectivity index (χ1) is 13.0. The van der Waals surface area contributed by atoms with Gasteiger partial charge in [-0.15, -0.1) is 11.3 Å². The first kappa shape index (κ1) is 18.6. The second-order valence-electron chi connectivity index (χ2n) is 7.55. The Morgan fingerprint density at radius 2 is 2.07 bits per heavy atom. The van der Waals surface area contributed by atoms with E-state index in [0.717, 1.165) is 57.9 Å². The Labute approximate surface area is 168 Å². The van der Waals surface area contributed by atoms with Gasteiger partial charge in [-0.2, -0.15) is 0 Å². The van der Waals surface area contributed by atoms with Crippen molar-refractivity contribution in [2.75, 3.05) is 6.61 Å². The van der Waals surface area contributed by atoms with Crippen LogP contribution in [0.2, 0.25) is 0 Å². The van der Waals surface area contributed by atoms with Gasteiger partial charge in [0.1, 0.15) is 21.0 Å². The smallest absolute Gasteiger partial charge is 0.140 e. The molecule has 142 valence electrons. The second kappa shape index (κ2) is 7.34. The lowest BCUT2D eigenvalue weighted by atomic mass is 9.95. The number of hydrogen-bond donors (Lipinski definition) is 1. The molecule has 0 saturated heterocycles. The van der Waals surface area contributed by atoms with Gasteiger partial charge in [-0.1, -0.05) is 25.6 Å². The van der Waals surface area contributed by atoms with E-state index in [9.17, 15) is 0 Å². The number of nitrogens with one attached hydrogen (secondary N) is 1. The number of unbranched alkanes of at least 4 members (excludes halogenated alkanes) is 1. The van der Waals surface area contributed by atoms with E-state index in [1.54, 1.807) is 11.3 Å². The Balaban J connectivity index is 1.67. The van der Waals surface area contributed by atoms with Gasteiger partial charge in [0, 0.05) is 22.2 Å². The van der Waals surface area contributed by atoms with Crippen LogP contribution >= 0.6 is 23.6 Å². The SMILES string of the molecule is CCCCOc1ccc(-c2nc3sc4c(c3c(=S)[nH]2)CC(C)(C)OC4)cc1. The summed E-state index contributed by atoms with van der Waals surface area (Å²) in [6, 6.07) is 8.04. The molecule has 0 unspecified atom stereocenters. The van der Waals surface area contributed by atoms with Crippen molar-refractivity contribution in [3.63, 3.8) is 0 Å². The molecule has 0 aliphatic carbocycles. The number of H-pyrrole nitrogens is 1. The predicted molar refractivity (Wildman–Crippen MR) is 113 cm³/mol. The largest absolute Gasteiger partial charge is 0.494 e. The molecule has 0 saturated carbocycles. The zero-order chi connectivity index (χ0) is 19.0. The molecular formula is C21H24N2O2S2. The topological polar surface area (TPSA) is 47.1 Å². The lowest BCUT2D eigenvalue weighted by Gasteiger charge is -2.30. The summed E-state index contributed by atoms with van der Waals surface area (Å²) in [6.45, 7) is 7.79. The molecule has 0 bridgehead atoms. The Morgan fingerprint density at radius 3 is 2.81 bits per heavy atom. The van der Waals surface area contributed by atoms with Gasteiger partial charge in [-0.25, -0.2) is 4.98 Å². The summed E-state index contributed by atoms with van der Waals surface area (Å²) in [5, 5.41) is 1.09. The van der Waals surface area contributed by atoms with Crippen molar-refractivity contribution in [1.82, 2.24) is 9.97 Å². The predicted octanol–water partition coefficient (Wildman–Crippen LogP) is 6.05. The van der Waals surface area contributed by atoms with Crippen molar-refractivity contribution in [1.29, 1.82) is 0 Å². The van der Waals surface area contributed by atoms with Crippen LogP contribution in [0.5, 0.6) is 5.75 Å². The fourth-order valence-electron chi connectivity index (χ4n) is 3.33. The maximum Gasteiger partial charge on any atom is 0.140 e. The Morgan fingerprint density at radius 1 is 1.30 bits per heavy atom. The van der Waals surface area contributed by atoms with Crippen LogP contribution in [0.25, 0.3) is 21.6 Å². The van der Waals surface area contributed by atoms with E-state index in [-0.39, 0.29) is 5.60 Å². The van der Waals surface area contributed by atoms with Gasteiger partial charge in [0.25, 0.3) is 0 Å². The highest BCUT2D eigenvalue weighted by Gasteiger charge is 2.30. The highest BCUT2D eigenvalue weighted by atomic mass is 32.1. The van der Waals surface area contributed by atoms with Crippen molar-refractivity contribution < 1.29 is 9.47 Å². The van der Waals surface area contributed by atoms with E-state index < -0.39 is 0 Å². The Kier molecular flexibility index (Phi) is 5.05. The van der Waals surface area contributed by atoms with Crippen LogP contribution < -0.4 is 4.74 Å². The van der Waals surface area contributed by atoms with Crippen molar-refractivity contribution in [2.24, 2.45) is 0 Å². The number of thiophene rings is 1. The van der Waals surface area contributed by atoms with Crippen LogP contribution in [0.15, 0.2) is 24.3 Å². The summed E-state index contributed by atoms with van der Waals surface area (Å²) in [5.41, 5.74) is 2.15. The van der Waals surface area contributed by atoms with Gasteiger partial charge in [0.05, 0.1) is 18.8 Å². The van der Waals surface area contributed by atoms with Crippen molar-refractivity contribution in [3.8, 4) is 17.1 Å². The third-order valence-corrected chi connectivity index (χ3v) is 6.24. The molecule has 3 heterocycles. The van der Waals surface area contributed by atoms with E-state index in [4.69, 9.17) is 26.7 Å². The number of benzene rings is 1. The molecule has 1 aliphatic rings. The molecule has 1 aliphatic heterocycles. The summed E-state index contributed by atoms with van der Waals surface area (Å²) in [5.74, 6) is 1.68. The van der Waals surface area contributed by atoms with E-state index in [1.165, 1.54) is 10.4 Å². The average Bonchev–Trinajstić information content (AvgIpc) is 2.99. The van der Waals surface area contributed by atoms with Crippen molar-refractivity contribution in [2.45, 2.75) is 52.2 Å². The number of aromatic nitrogens is 2. The number of nitrogens with zero attached hydrogens (tertiary/aromatic N) is 1. The average molecular weight is 401 g/mol. The van der Waals surface area contributed by atoms with Gasteiger partial charge >= 0.3 is 0 Å². The maximum atomic E-state index is 5.95. The minimum atomic E-state index is -0.158. The normalized spacial score (nSPS) is 15.7. The Bertz CT molecular complexity index is 1020. The fourth-order valence-corrected chi connectivity index (χ4v) is 4.83. The molecule has 0 fully saturated rings. The summed E-state index contributed by atoms with van der Waals surface area (Å²) in [4.78, 5) is 10.4. The molecule has 0 amide bonds. The zero-order valence-electron chi connectivity index (χ0n) is 15.9. The summed E-state index contributed by atoms with van der Waals surface area (Å²) in [6.07, 6.45) is 3.06. The maximum absolute atomic E-state index is 5.95. The molecule has 27 heavy (non-hydrogen) atoms. The van der Waals surface area contributed by atoms with E-state index in [2.05, 4.69) is 25.8 Å². The first-order valence-electron chi connectivity index (χ1n) is 9.38. The second-order valence-corrected chi connectivity index (χ2v) is 9.04. The van der Waals surface area contributed by atoms with Gasteiger partial charge in [0.2, 0.25) is 0 Å². The fraction of sp³-hybridized carbons (Fsp3) is 0.429. The number of ether oxygens (including phenoxy) is 2. The van der Waals surface area contributed by atoms with E-state index >= 15 is 0 Å². The third-order valence-electron chi connectivity index (χ3n) is 4.84. The molecule has 2 aromatic heterocycles. The summed E-state index contributed by atoms with van der Waals surface area (Å²) in [7, 11) is 0. The van der Waals surface area contributed by atoms with Gasteiger partial charge in [-0.05, 0) is 50.1 Å². The van der Waals surface area contributed by atoms with Crippen LogP contribution in [0.3, 0.4) is 0 Å². The van der Waals surface area contributed by atoms with Crippen molar-refractivity contribution in [3.05, 3.63) is 39.3 Å². The van der Waals surface area contributed by atoms with Crippen LogP contribution in [-0.2, 0) is 17.8 Å². The standard InChI is InChI=1S/C21H24N2O2S2/c1-4-5-10-24-14-8-6-13(7-9-14)18-22-19(26)17-15-11-21(2,3)25-12-16(15)27-20(17)23-18/h6-9H,4-5,10-12H2,1-3H3,(H,22,23,26). The number of fused-ring (bicyclic) bond motifs is 3. The van der Waals surface area contributed by atoms with Crippen molar-refractivity contribution >= 4 is 33.8 Å². The molecule has 4 rings (SSSR count). The highest BCUT2D eigenvalue weighted by Crippen LogP contribution is 2.39. The minimum Gasteiger partial charge on any atom is -0.494 e. The minimum absolute atomic E-state index is 0.158. The highest BCUT2D eigenvalue weighted by molar-refractivity contribution is 7.71. The quantitative estimate of drug-likeness (QED) is 0.418. The lowest BCUT2D eigenvalue weighted by Crippen LogP contribution is -2.30. The number of rotatable bonds is 5. The summed E-state index contributed by atoms with van der Waals surface area (Å²) < 4.78 is 12.5. The number of aromatic amines is 1. The molecule has 1 aromatic carbocycles. The lowest BCUT2D eigenvalue weighted by molar-refractivity contribution is -0.0379. The molecule has 3 aromatic rings. The molecule has 0 spiro atoms. The summed E-state index contributed by atoms with van der Waals surface area (Å²) >= 11 is 7.39. The molecule has 0 radical (unpaired) electrons.